The van der Waals surface area contributed by atoms with E-state index in [1.807, 2.05) is 60.7 Å². The number of thioether (sulfide) groups is 1. The normalized spacial score (nSPS) is 12.1. The first-order valence-corrected chi connectivity index (χ1v) is 12.1. The Bertz CT molecular complexity index is 1110. The predicted molar refractivity (Wildman–Crippen MR) is 132 cm³/mol. The molecule has 1 unspecified atom stereocenters. The number of halogens is 3. The van der Waals surface area contributed by atoms with Crippen molar-refractivity contribution in [3.63, 3.8) is 0 Å². The molecular weight excluding hydrogens is 473 g/mol. The molecule has 0 aliphatic heterocycles. The Morgan fingerprint density at radius 1 is 0.914 bits per heavy atom. The van der Waals surface area contributed by atoms with Crippen molar-refractivity contribution in [2.45, 2.75) is 37.0 Å². The first-order valence-electron chi connectivity index (χ1n) is 11.2. The number of amides is 2. The number of benzene rings is 3. The standard InChI is InChI=1S/C27H27F3N2O2S/c1-20(33)31-25(19-35-24-14-8-13-23(17-24)27(28,29)30)26(34)32(18-22-11-6-3-7-12-22)16-15-21-9-4-2-5-10-21/h2-14,17,25H,15-16,18-19H2,1H3,(H,31,33). The van der Waals surface area contributed by atoms with Gasteiger partial charge in [0.1, 0.15) is 6.04 Å². The lowest BCUT2D eigenvalue weighted by Gasteiger charge is -2.28. The fraction of sp³-hybridized carbons (Fsp3) is 0.259. The molecule has 1 atom stereocenters. The molecule has 1 N–H and O–H groups in total. The zero-order valence-corrected chi connectivity index (χ0v) is 20.1. The molecule has 0 heterocycles. The third-order valence-corrected chi connectivity index (χ3v) is 6.38. The van der Waals surface area contributed by atoms with Crippen LogP contribution < -0.4 is 5.32 Å². The van der Waals surface area contributed by atoms with Gasteiger partial charge in [-0.05, 0) is 35.7 Å². The Kier molecular flexibility index (Phi) is 9.37. The summed E-state index contributed by atoms with van der Waals surface area (Å²) in [4.78, 5) is 27.5. The molecule has 8 heteroatoms. The molecule has 0 aliphatic rings. The highest BCUT2D eigenvalue weighted by Crippen LogP contribution is 2.32. The molecule has 0 bridgehead atoms. The van der Waals surface area contributed by atoms with E-state index in [0.29, 0.717) is 24.4 Å². The van der Waals surface area contributed by atoms with Crippen molar-refractivity contribution in [1.29, 1.82) is 0 Å². The molecule has 0 fully saturated rings. The number of carbonyl (C=O) groups is 2. The molecule has 0 saturated heterocycles. The average molecular weight is 501 g/mol. The second-order valence-corrected chi connectivity index (χ2v) is 9.16. The van der Waals surface area contributed by atoms with E-state index in [4.69, 9.17) is 0 Å². The summed E-state index contributed by atoms with van der Waals surface area (Å²) in [6.45, 7) is 2.11. The Balaban J connectivity index is 1.77. The van der Waals surface area contributed by atoms with Gasteiger partial charge in [-0.3, -0.25) is 9.59 Å². The molecule has 0 spiro atoms. The molecule has 35 heavy (non-hydrogen) atoms. The molecule has 3 aromatic rings. The molecular formula is C27H27F3N2O2S. The Labute approximate surface area is 207 Å². The Morgan fingerprint density at radius 3 is 2.14 bits per heavy atom. The van der Waals surface area contributed by atoms with Gasteiger partial charge in [0.05, 0.1) is 5.56 Å². The number of hydrogen-bond acceptors (Lipinski definition) is 3. The Morgan fingerprint density at radius 2 is 1.54 bits per heavy atom. The van der Waals surface area contributed by atoms with Gasteiger partial charge in [-0.2, -0.15) is 13.2 Å². The summed E-state index contributed by atoms with van der Waals surface area (Å²) in [5, 5.41) is 2.69. The van der Waals surface area contributed by atoms with Crippen molar-refractivity contribution in [1.82, 2.24) is 10.2 Å². The summed E-state index contributed by atoms with van der Waals surface area (Å²) in [7, 11) is 0. The van der Waals surface area contributed by atoms with Crippen molar-refractivity contribution in [2.75, 3.05) is 12.3 Å². The van der Waals surface area contributed by atoms with Crippen molar-refractivity contribution < 1.29 is 22.8 Å². The molecule has 0 aromatic heterocycles. The molecule has 3 aromatic carbocycles. The minimum absolute atomic E-state index is 0.107. The predicted octanol–water partition coefficient (Wildman–Crippen LogP) is 5.57. The van der Waals surface area contributed by atoms with Crippen molar-refractivity contribution >= 4 is 23.6 Å². The summed E-state index contributed by atoms with van der Waals surface area (Å²) in [5.41, 5.74) is 1.27. The highest BCUT2D eigenvalue weighted by atomic mass is 32.2. The first-order chi connectivity index (χ1) is 16.7. The Hall–Kier alpha value is -3.26. The van der Waals surface area contributed by atoms with Crippen LogP contribution in [-0.4, -0.2) is 35.1 Å². The van der Waals surface area contributed by atoms with E-state index in [9.17, 15) is 22.8 Å². The maximum Gasteiger partial charge on any atom is 0.416 e. The second kappa shape index (κ2) is 12.4. The molecule has 4 nitrogen and oxygen atoms in total. The van der Waals surface area contributed by atoms with Crippen LogP contribution in [0, 0.1) is 0 Å². The zero-order valence-electron chi connectivity index (χ0n) is 19.3. The molecule has 0 radical (unpaired) electrons. The quantitative estimate of drug-likeness (QED) is 0.370. The van der Waals surface area contributed by atoms with Crippen LogP contribution in [0.15, 0.2) is 89.8 Å². The highest BCUT2D eigenvalue weighted by molar-refractivity contribution is 7.99. The van der Waals surface area contributed by atoms with Gasteiger partial charge in [-0.1, -0.05) is 66.7 Å². The van der Waals surface area contributed by atoms with Gasteiger partial charge in [-0.15, -0.1) is 11.8 Å². The number of alkyl halides is 3. The van der Waals surface area contributed by atoms with Crippen LogP contribution in [0.2, 0.25) is 0 Å². The number of nitrogens with one attached hydrogen (secondary N) is 1. The second-order valence-electron chi connectivity index (χ2n) is 8.07. The molecule has 184 valence electrons. The summed E-state index contributed by atoms with van der Waals surface area (Å²) < 4.78 is 39.2. The van der Waals surface area contributed by atoms with E-state index < -0.39 is 17.8 Å². The number of hydrogen-bond donors (Lipinski definition) is 1. The van der Waals surface area contributed by atoms with Crippen molar-refractivity contribution in [2.24, 2.45) is 0 Å². The van der Waals surface area contributed by atoms with Crippen LogP contribution in [0.3, 0.4) is 0 Å². The van der Waals surface area contributed by atoms with Crippen LogP contribution >= 0.6 is 11.8 Å². The number of nitrogens with zero attached hydrogens (tertiary/aromatic N) is 1. The number of carbonyl (C=O) groups excluding carboxylic acids is 2. The number of rotatable bonds is 10. The van der Waals surface area contributed by atoms with Crippen molar-refractivity contribution in [3.05, 3.63) is 102 Å². The third kappa shape index (κ3) is 8.47. The first kappa shape index (κ1) is 26.3. The van der Waals surface area contributed by atoms with Gasteiger partial charge < -0.3 is 10.2 Å². The fourth-order valence-corrected chi connectivity index (χ4v) is 4.53. The van der Waals surface area contributed by atoms with Gasteiger partial charge in [0.25, 0.3) is 0 Å². The van der Waals surface area contributed by atoms with Gasteiger partial charge in [0, 0.05) is 30.7 Å². The van der Waals surface area contributed by atoms with Gasteiger partial charge in [0.15, 0.2) is 0 Å². The average Bonchev–Trinajstić information content (AvgIpc) is 2.84. The van der Waals surface area contributed by atoms with Gasteiger partial charge in [0.2, 0.25) is 11.8 Å². The van der Waals surface area contributed by atoms with E-state index in [2.05, 4.69) is 5.32 Å². The lowest BCUT2D eigenvalue weighted by molar-refractivity contribution is -0.137. The third-order valence-electron chi connectivity index (χ3n) is 5.29. The highest BCUT2D eigenvalue weighted by Gasteiger charge is 2.31. The minimum Gasteiger partial charge on any atom is -0.344 e. The van der Waals surface area contributed by atoms with Gasteiger partial charge in [-0.25, -0.2) is 0 Å². The summed E-state index contributed by atoms with van der Waals surface area (Å²) in [5.74, 6) is -0.550. The summed E-state index contributed by atoms with van der Waals surface area (Å²) >= 11 is 1.11. The monoisotopic (exact) mass is 500 g/mol. The van der Waals surface area contributed by atoms with E-state index in [1.54, 1.807) is 11.0 Å². The topological polar surface area (TPSA) is 49.4 Å². The van der Waals surface area contributed by atoms with Crippen LogP contribution in [0.4, 0.5) is 13.2 Å². The maximum absolute atomic E-state index is 13.6. The van der Waals surface area contributed by atoms with Crippen LogP contribution in [0.1, 0.15) is 23.6 Å². The lowest BCUT2D eigenvalue weighted by atomic mass is 10.1. The van der Waals surface area contributed by atoms with E-state index >= 15 is 0 Å². The summed E-state index contributed by atoms with van der Waals surface area (Å²) in [6, 6.07) is 23.4. The smallest absolute Gasteiger partial charge is 0.344 e. The van der Waals surface area contributed by atoms with Crippen LogP contribution in [-0.2, 0) is 28.7 Å². The largest absolute Gasteiger partial charge is 0.416 e. The van der Waals surface area contributed by atoms with Crippen molar-refractivity contribution in [3.8, 4) is 0 Å². The van der Waals surface area contributed by atoms with E-state index in [-0.39, 0.29) is 17.6 Å². The molecule has 3 rings (SSSR count). The maximum atomic E-state index is 13.6. The van der Waals surface area contributed by atoms with E-state index in [0.717, 1.165) is 35.0 Å². The molecule has 0 aliphatic carbocycles. The van der Waals surface area contributed by atoms with Gasteiger partial charge >= 0.3 is 6.18 Å². The molecule has 0 saturated carbocycles. The fourth-order valence-electron chi connectivity index (χ4n) is 3.56. The SMILES string of the molecule is CC(=O)NC(CSc1cccc(C(F)(F)F)c1)C(=O)N(CCc1ccccc1)Cc1ccccc1. The molecule has 2 amide bonds. The van der Waals surface area contributed by atoms with E-state index in [1.165, 1.54) is 13.0 Å². The zero-order chi connectivity index (χ0) is 25.3. The summed E-state index contributed by atoms with van der Waals surface area (Å²) in [6.07, 6.45) is -3.82. The van der Waals surface area contributed by atoms with Crippen LogP contribution in [0.5, 0.6) is 0 Å². The van der Waals surface area contributed by atoms with Crippen LogP contribution in [0.25, 0.3) is 0 Å². The minimum atomic E-state index is -4.45. The lowest BCUT2D eigenvalue weighted by Crippen LogP contribution is -2.49.